The zero-order valence-electron chi connectivity index (χ0n) is 21.5. The smallest absolute Gasteiger partial charge is 0.307 e. The van der Waals surface area contributed by atoms with Crippen molar-refractivity contribution in [2.45, 2.75) is 129 Å². The molecule has 2 atom stereocenters. The summed E-state index contributed by atoms with van der Waals surface area (Å²) in [7, 11) is 0. The maximum absolute atomic E-state index is 12.9. The lowest BCUT2D eigenvalue weighted by molar-refractivity contribution is -0.169. The number of Topliss-reactive ketones (excluding diaryl/α,β-unsaturated/α-hetero) is 1. The van der Waals surface area contributed by atoms with Crippen molar-refractivity contribution in [3.05, 3.63) is 35.6 Å². The molecule has 0 aromatic heterocycles. The van der Waals surface area contributed by atoms with Crippen LogP contribution in [0.1, 0.15) is 117 Å². The predicted molar refractivity (Wildman–Crippen MR) is 135 cm³/mol. The maximum atomic E-state index is 12.9. The van der Waals surface area contributed by atoms with Crippen LogP contribution in [0.3, 0.4) is 0 Å². The van der Waals surface area contributed by atoms with Crippen LogP contribution in [-0.2, 0) is 23.9 Å². The van der Waals surface area contributed by atoms with Crippen molar-refractivity contribution >= 4 is 17.5 Å². The Kier molecular flexibility index (Phi) is 12.3. The Bertz CT molecular complexity index is 775. The van der Waals surface area contributed by atoms with Gasteiger partial charge in [0.05, 0.1) is 17.9 Å². The molecule has 0 N–H and O–H groups in total. The number of unbranched alkanes of at least 4 members (excludes halogenated alkanes) is 11. The second-order valence-electron chi connectivity index (χ2n) is 9.89. The summed E-state index contributed by atoms with van der Waals surface area (Å²) >= 11 is 0. The van der Waals surface area contributed by atoms with Crippen molar-refractivity contribution in [1.82, 2.24) is 0 Å². The van der Waals surface area contributed by atoms with Gasteiger partial charge in [0.1, 0.15) is 0 Å². The van der Waals surface area contributed by atoms with E-state index in [4.69, 9.17) is 9.47 Å². The Balaban J connectivity index is 1.55. The molecule has 0 saturated carbocycles. The number of esters is 1. The third-order valence-electron chi connectivity index (χ3n) is 6.69. The molecule has 0 aromatic rings. The molecule has 0 fully saturated rings. The van der Waals surface area contributed by atoms with Crippen molar-refractivity contribution < 1.29 is 23.9 Å². The zero-order chi connectivity index (χ0) is 24.8. The number of hydrogen-bond donors (Lipinski definition) is 0. The second-order valence-corrected chi connectivity index (χ2v) is 9.89. The van der Waals surface area contributed by atoms with Gasteiger partial charge in [0.15, 0.2) is 0 Å². The highest BCUT2D eigenvalue weighted by Gasteiger charge is 2.49. The van der Waals surface area contributed by atoms with Crippen LogP contribution < -0.4 is 0 Å². The van der Waals surface area contributed by atoms with E-state index in [-0.39, 0.29) is 12.5 Å². The first-order chi connectivity index (χ1) is 16.4. The highest BCUT2D eigenvalue weighted by molar-refractivity contribution is 6.26. The third kappa shape index (κ3) is 8.88. The van der Waals surface area contributed by atoms with E-state index < -0.39 is 23.1 Å². The van der Waals surface area contributed by atoms with Crippen LogP contribution >= 0.6 is 0 Å². The van der Waals surface area contributed by atoms with E-state index in [1.807, 2.05) is 6.92 Å². The van der Waals surface area contributed by atoms with Gasteiger partial charge in [0.25, 0.3) is 0 Å². The Hall–Kier alpha value is -2.17. The predicted octanol–water partition coefficient (Wildman–Crippen LogP) is 7.10. The Morgan fingerprint density at radius 3 is 2.24 bits per heavy atom. The molecule has 34 heavy (non-hydrogen) atoms. The van der Waals surface area contributed by atoms with Crippen molar-refractivity contribution in [3.63, 3.8) is 0 Å². The molecule has 0 radical (unpaired) electrons. The summed E-state index contributed by atoms with van der Waals surface area (Å²) in [6.07, 6.45) is 23.5. The van der Waals surface area contributed by atoms with Crippen LogP contribution in [0.4, 0.5) is 0 Å². The summed E-state index contributed by atoms with van der Waals surface area (Å²) in [5, 5.41) is 0. The molecular formula is C29H44O5. The number of carbonyl (C=O) groups excluding carboxylic acids is 3. The molecule has 2 unspecified atom stereocenters. The van der Waals surface area contributed by atoms with Crippen molar-refractivity contribution in [2.24, 2.45) is 0 Å². The van der Waals surface area contributed by atoms with E-state index in [1.54, 1.807) is 0 Å². The number of ketones is 2. The molecule has 5 heteroatoms. The molecule has 0 bridgehead atoms. The third-order valence-corrected chi connectivity index (χ3v) is 6.69. The number of fused-ring (bicyclic) bond motifs is 1. The maximum Gasteiger partial charge on any atom is 0.307 e. The van der Waals surface area contributed by atoms with Crippen LogP contribution in [0.5, 0.6) is 0 Å². The van der Waals surface area contributed by atoms with Crippen LogP contribution in [0.25, 0.3) is 0 Å². The van der Waals surface area contributed by atoms with Crippen molar-refractivity contribution in [3.8, 4) is 0 Å². The van der Waals surface area contributed by atoms with Gasteiger partial charge in [-0.1, -0.05) is 70.4 Å². The lowest BCUT2D eigenvalue weighted by atomic mass is 9.79. The topological polar surface area (TPSA) is 69.7 Å². The highest BCUT2D eigenvalue weighted by atomic mass is 16.6. The number of carbonyl (C=O) groups is 3. The summed E-state index contributed by atoms with van der Waals surface area (Å²) in [6, 6.07) is 0. The van der Waals surface area contributed by atoms with E-state index in [1.165, 1.54) is 70.6 Å². The van der Waals surface area contributed by atoms with Crippen LogP contribution in [0, 0.1) is 0 Å². The lowest BCUT2D eigenvalue weighted by Crippen LogP contribution is -2.51. The van der Waals surface area contributed by atoms with E-state index in [9.17, 15) is 14.4 Å². The molecular weight excluding hydrogens is 428 g/mol. The summed E-state index contributed by atoms with van der Waals surface area (Å²) in [5.41, 5.74) is -0.772. The van der Waals surface area contributed by atoms with Crippen LogP contribution in [-0.4, -0.2) is 29.2 Å². The Morgan fingerprint density at radius 1 is 1.00 bits per heavy atom. The first kappa shape index (κ1) is 28.1. The van der Waals surface area contributed by atoms with Gasteiger partial charge in [0.2, 0.25) is 17.2 Å². The van der Waals surface area contributed by atoms with Gasteiger partial charge < -0.3 is 9.47 Å². The van der Waals surface area contributed by atoms with Gasteiger partial charge in [-0.05, 0) is 57.6 Å². The van der Waals surface area contributed by atoms with Gasteiger partial charge in [0, 0.05) is 12.8 Å². The Labute approximate surface area is 206 Å². The fourth-order valence-corrected chi connectivity index (χ4v) is 4.44. The average Bonchev–Trinajstić information content (AvgIpc) is 2.80. The zero-order valence-corrected chi connectivity index (χ0v) is 21.5. The average molecular weight is 473 g/mol. The normalized spacial score (nSPS) is 22.3. The second kappa shape index (κ2) is 15.0. The van der Waals surface area contributed by atoms with E-state index >= 15 is 0 Å². The first-order valence-corrected chi connectivity index (χ1v) is 13.4. The summed E-state index contributed by atoms with van der Waals surface area (Å²) in [5.74, 6) is -1.44. The van der Waals surface area contributed by atoms with E-state index in [0.29, 0.717) is 24.0 Å². The number of rotatable bonds is 16. The van der Waals surface area contributed by atoms with E-state index in [2.05, 4.69) is 19.1 Å². The number of allylic oxidation sites excluding steroid dienone is 2. The molecule has 190 valence electrons. The molecule has 2 rings (SSSR count). The summed E-state index contributed by atoms with van der Waals surface area (Å²) < 4.78 is 10.8. The molecule has 0 spiro atoms. The Morgan fingerprint density at radius 2 is 1.59 bits per heavy atom. The quantitative estimate of drug-likeness (QED) is 0.104. The highest BCUT2D eigenvalue weighted by Crippen LogP contribution is 2.34. The van der Waals surface area contributed by atoms with Gasteiger partial charge in [-0.15, -0.1) is 0 Å². The minimum atomic E-state index is -1.78. The number of ether oxygens (including phenoxy) is 2. The van der Waals surface area contributed by atoms with Gasteiger partial charge in [-0.25, -0.2) is 0 Å². The molecule has 1 aliphatic carbocycles. The minimum Gasteiger partial charge on any atom is -0.497 e. The largest absolute Gasteiger partial charge is 0.497 e. The first-order valence-electron chi connectivity index (χ1n) is 13.4. The molecule has 2 aliphatic rings. The fraction of sp³-hybridized carbons (Fsp3) is 0.690. The van der Waals surface area contributed by atoms with Gasteiger partial charge in [-0.3, -0.25) is 14.4 Å². The standard InChI is InChI=1S/C29H44O5/c1-4-5-6-7-8-9-10-11-12-13-14-15-16-17-18-19-27(31)34-29(3)26(30)21-24-20-23(2)33-22-25(24)28(29)32/h11-12,21-23H,4-10,13-20H2,1-3H3. The molecule has 1 heterocycles. The molecule has 1 aliphatic heterocycles. The SMILES string of the molecule is CCCCCCCCC=CCCCCCCCC(=O)OC1(C)C(=O)C=C2CC(C)OC=C2C1=O. The summed E-state index contributed by atoms with van der Waals surface area (Å²) in [4.78, 5) is 37.8. The minimum absolute atomic E-state index is 0.0800. The fourth-order valence-electron chi connectivity index (χ4n) is 4.44. The monoisotopic (exact) mass is 472 g/mol. The van der Waals surface area contributed by atoms with Gasteiger partial charge in [-0.2, -0.15) is 0 Å². The van der Waals surface area contributed by atoms with Crippen LogP contribution in [0.2, 0.25) is 0 Å². The van der Waals surface area contributed by atoms with Crippen molar-refractivity contribution in [2.75, 3.05) is 0 Å². The molecule has 0 saturated heterocycles. The molecule has 0 aromatic carbocycles. The van der Waals surface area contributed by atoms with E-state index in [0.717, 1.165) is 25.7 Å². The van der Waals surface area contributed by atoms with Crippen molar-refractivity contribution in [1.29, 1.82) is 0 Å². The lowest BCUT2D eigenvalue weighted by Gasteiger charge is -2.33. The van der Waals surface area contributed by atoms with Crippen LogP contribution in [0.15, 0.2) is 35.6 Å². The summed E-state index contributed by atoms with van der Waals surface area (Å²) in [6.45, 7) is 5.52. The molecule has 5 nitrogen and oxygen atoms in total. The van der Waals surface area contributed by atoms with Gasteiger partial charge >= 0.3 is 5.97 Å². The molecule has 0 amide bonds. The number of hydrogen-bond acceptors (Lipinski definition) is 5.